The number of hydrogen-bond donors (Lipinski definition) is 2. The number of aliphatic hydroxyl groups is 1. The second kappa shape index (κ2) is 7.44. The topological polar surface area (TPSA) is 54.6 Å². The molecule has 0 saturated carbocycles. The highest BCUT2D eigenvalue weighted by Gasteiger charge is 2.00. The van der Waals surface area contributed by atoms with E-state index in [-0.39, 0.29) is 6.61 Å². The second-order valence-electron chi connectivity index (χ2n) is 3.98. The van der Waals surface area contributed by atoms with Gasteiger partial charge in [0, 0.05) is 6.61 Å². The maximum absolute atomic E-state index is 8.81. The third-order valence-corrected chi connectivity index (χ3v) is 2.12. The SMILES string of the molecule is CC(C)OCCCNCc1ccc(CO)o1. The minimum atomic E-state index is -0.0395. The van der Waals surface area contributed by atoms with E-state index < -0.39 is 0 Å². The Bertz CT molecular complexity index is 284. The zero-order chi connectivity index (χ0) is 11.8. The highest BCUT2D eigenvalue weighted by molar-refractivity contribution is 5.05. The smallest absolute Gasteiger partial charge is 0.129 e. The third kappa shape index (κ3) is 5.30. The number of ether oxygens (including phenoxy) is 1. The molecule has 0 unspecified atom stereocenters. The van der Waals surface area contributed by atoms with Crippen LogP contribution in [0.1, 0.15) is 31.8 Å². The van der Waals surface area contributed by atoms with Crippen LogP contribution >= 0.6 is 0 Å². The fraction of sp³-hybridized carbons (Fsp3) is 0.667. The molecule has 0 fully saturated rings. The van der Waals surface area contributed by atoms with Gasteiger partial charge in [-0.25, -0.2) is 0 Å². The van der Waals surface area contributed by atoms with Gasteiger partial charge in [0.15, 0.2) is 0 Å². The van der Waals surface area contributed by atoms with Gasteiger partial charge >= 0.3 is 0 Å². The monoisotopic (exact) mass is 227 g/mol. The van der Waals surface area contributed by atoms with Crippen molar-refractivity contribution in [2.75, 3.05) is 13.2 Å². The summed E-state index contributed by atoms with van der Waals surface area (Å²) >= 11 is 0. The van der Waals surface area contributed by atoms with Gasteiger partial charge in [-0.2, -0.15) is 0 Å². The van der Waals surface area contributed by atoms with Crippen LogP contribution in [0.2, 0.25) is 0 Å². The number of nitrogens with one attached hydrogen (secondary N) is 1. The molecule has 2 N–H and O–H groups in total. The van der Waals surface area contributed by atoms with Gasteiger partial charge in [0.2, 0.25) is 0 Å². The summed E-state index contributed by atoms with van der Waals surface area (Å²) in [5.74, 6) is 1.47. The van der Waals surface area contributed by atoms with Crippen molar-refractivity contribution in [1.82, 2.24) is 5.32 Å². The van der Waals surface area contributed by atoms with Gasteiger partial charge in [-0.05, 0) is 38.9 Å². The van der Waals surface area contributed by atoms with E-state index in [1.807, 2.05) is 19.9 Å². The van der Waals surface area contributed by atoms with E-state index >= 15 is 0 Å². The Morgan fingerprint density at radius 2 is 2.12 bits per heavy atom. The molecule has 92 valence electrons. The van der Waals surface area contributed by atoms with Crippen molar-refractivity contribution in [3.63, 3.8) is 0 Å². The highest BCUT2D eigenvalue weighted by atomic mass is 16.5. The van der Waals surface area contributed by atoms with E-state index in [0.29, 0.717) is 18.4 Å². The number of rotatable bonds is 8. The molecule has 0 bridgehead atoms. The molecule has 0 atom stereocenters. The lowest BCUT2D eigenvalue weighted by molar-refractivity contribution is 0.0770. The lowest BCUT2D eigenvalue weighted by Crippen LogP contribution is -2.17. The van der Waals surface area contributed by atoms with Gasteiger partial charge in [-0.1, -0.05) is 0 Å². The molecule has 0 aromatic carbocycles. The summed E-state index contributed by atoms with van der Waals surface area (Å²) < 4.78 is 10.8. The fourth-order valence-corrected chi connectivity index (χ4v) is 1.33. The summed E-state index contributed by atoms with van der Waals surface area (Å²) in [5, 5.41) is 12.1. The van der Waals surface area contributed by atoms with Crippen molar-refractivity contribution in [3.05, 3.63) is 23.7 Å². The van der Waals surface area contributed by atoms with Crippen LogP contribution < -0.4 is 5.32 Å². The number of aliphatic hydroxyl groups excluding tert-OH is 1. The van der Waals surface area contributed by atoms with Crippen molar-refractivity contribution in [2.24, 2.45) is 0 Å². The Balaban J connectivity index is 2.02. The van der Waals surface area contributed by atoms with Crippen LogP contribution in [-0.4, -0.2) is 24.4 Å². The van der Waals surface area contributed by atoms with Crippen molar-refractivity contribution in [3.8, 4) is 0 Å². The first-order valence-electron chi connectivity index (χ1n) is 5.73. The Labute approximate surface area is 96.6 Å². The molecular weight excluding hydrogens is 206 g/mol. The molecule has 16 heavy (non-hydrogen) atoms. The Morgan fingerprint density at radius 1 is 1.38 bits per heavy atom. The maximum Gasteiger partial charge on any atom is 0.129 e. The fourth-order valence-electron chi connectivity index (χ4n) is 1.33. The summed E-state index contributed by atoms with van der Waals surface area (Å²) in [7, 11) is 0. The molecule has 0 amide bonds. The molecule has 0 spiro atoms. The van der Waals surface area contributed by atoms with Crippen LogP contribution in [0.3, 0.4) is 0 Å². The van der Waals surface area contributed by atoms with E-state index in [4.69, 9.17) is 14.3 Å². The van der Waals surface area contributed by atoms with Crippen LogP contribution in [0.25, 0.3) is 0 Å². The van der Waals surface area contributed by atoms with E-state index in [2.05, 4.69) is 5.32 Å². The molecule has 0 aliphatic rings. The summed E-state index contributed by atoms with van der Waals surface area (Å²) in [6.07, 6.45) is 1.29. The van der Waals surface area contributed by atoms with Gasteiger partial charge in [0.25, 0.3) is 0 Å². The van der Waals surface area contributed by atoms with Crippen molar-refractivity contribution < 1.29 is 14.3 Å². The number of hydrogen-bond acceptors (Lipinski definition) is 4. The molecule has 1 rings (SSSR count). The van der Waals surface area contributed by atoms with Crippen LogP contribution in [0.4, 0.5) is 0 Å². The van der Waals surface area contributed by atoms with Crippen molar-refractivity contribution in [1.29, 1.82) is 0 Å². The summed E-state index contributed by atoms with van der Waals surface area (Å²) in [6.45, 7) is 6.41. The Kier molecular flexibility index (Phi) is 6.15. The van der Waals surface area contributed by atoms with Crippen LogP contribution in [-0.2, 0) is 17.9 Å². The van der Waals surface area contributed by atoms with E-state index in [9.17, 15) is 0 Å². The largest absolute Gasteiger partial charge is 0.462 e. The van der Waals surface area contributed by atoms with Gasteiger partial charge in [-0.15, -0.1) is 0 Å². The van der Waals surface area contributed by atoms with Crippen LogP contribution in [0, 0.1) is 0 Å². The van der Waals surface area contributed by atoms with Gasteiger partial charge in [0.1, 0.15) is 18.1 Å². The molecule has 1 heterocycles. The summed E-state index contributed by atoms with van der Waals surface area (Å²) in [5.41, 5.74) is 0. The minimum Gasteiger partial charge on any atom is -0.462 e. The van der Waals surface area contributed by atoms with Gasteiger partial charge in [-0.3, -0.25) is 0 Å². The summed E-state index contributed by atoms with van der Waals surface area (Å²) in [6, 6.07) is 3.67. The second-order valence-corrected chi connectivity index (χ2v) is 3.98. The first kappa shape index (κ1) is 13.2. The molecule has 0 aliphatic carbocycles. The lowest BCUT2D eigenvalue weighted by atomic mass is 10.4. The average Bonchev–Trinajstić information content (AvgIpc) is 2.70. The van der Waals surface area contributed by atoms with E-state index in [1.54, 1.807) is 6.07 Å². The first-order chi connectivity index (χ1) is 7.72. The predicted octanol–water partition coefficient (Wildman–Crippen LogP) is 1.68. The Hall–Kier alpha value is -0.840. The highest BCUT2D eigenvalue weighted by Crippen LogP contribution is 2.06. The first-order valence-corrected chi connectivity index (χ1v) is 5.73. The summed E-state index contributed by atoms with van der Waals surface area (Å²) in [4.78, 5) is 0. The molecule has 4 nitrogen and oxygen atoms in total. The zero-order valence-electron chi connectivity index (χ0n) is 10.0. The lowest BCUT2D eigenvalue weighted by Gasteiger charge is -2.07. The third-order valence-electron chi connectivity index (χ3n) is 2.12. The average molecular weight is 227 g/mol. The predicted molar refractivity (Wildman–Crippen MR) is 62.0 cm³/mol. The van der Waals surface area contributed by atoms with E-state index in [1.165, 1.54) is 0 Å². The van der Waals surface area contributed by atoms with Crippen LogP contribution in [0.15, 0.2) is 16.5 Å². The number of furan rings is 1. The molecule has 1 aromatic heterocycles. The Morgan fingerprint density at radius 3 is 2.75 bits per heavy atom. The van der Waals surface area contributed by atoms with Crippen LogP contribution in [0.5, 0.6) is 0 Å². The van der Waals surface area contributed by atoms with Gasteiger partial charge < -0.3 is 19.6 Å². The zero-order valence-corrected chi connectivity index (χ0v) is 10.0. The maximum atomic E-state index is 8.81. The molecule has 4 heteroatoms. The quantitative estimate of drug-likeness (QED) is 0.663. The minimum absolute atomic E-state index is 0.0395. The molecule has 0 radical (unpaired) electrons. The van der Waals surface area contributed by atoms with Gasteiger partial charge in [0.05, 0.1) is 12.6 Å². The standard InChI is InChI=1S/C12H21NO3/c1-10(2)15-7-3-6-13-8-11-4-5-12(9-14)16-11/h4-5,10,13-14H,3,6-9H2,1-2H3. The normalized spacial score (nSPS) is 11.2. The van der Waals surface area contributed by atoms with E-state index in [0.717, 1.165) is 25.3 Å². The molecule has 0 saturated heterocycles. The molecular formula is C12H21NO3. The van der Waals surface area contributed by atoms with Crippen molar-refractivity contribution >= 4 is 0 Å². The van der Waals surface area contributed by atoms with Crippen molar-refractivity contribution in [2.45, 2.75) is 39.5 Å². The molecule has 1 aromatic rings. The molecule has 0 aliphatic heterocycles.